The monoisotopic (exact) mass is 639 g/mol. The summed E-state index contributed by atoms with van der Waals surface area (Å²) in [4.78, 5) is 10.2. The summed E-state index contributed by atoms with van der Waals surface area (Å²) in [7, 11) is 0. The number of para-hydroxylation sites is 3. The molecule has 0 fully saturated rings. The Morgan fingerprint density at radius 3 is 1.70 bits per heavy atom. The predicted molar refractivity (Wildman–Crippen MR) is 205 cm³/mol. The molecule has 7 aromatic carbocycles. The van der Waals surface area contributed by atoms with E-state index in [-0.39, 0.29) is 0 Å². The molecule has 10 aromatic rings. The molecule has 0 N–H and O–H groups in total. The minimum absolute atomic E-state index is 0.696. The number of benzene rings is 7. The molecule has 0 atom stereocenters. The fourth-order valence-electron chi connectivity index (χ4n) is 7.20. The van der Waals surface area contributed by atoms with Crippen molar-refractivity contribution in [3.63, 3.8) is 0 Å². The maximum atomic E-state index is 6.07. The van der Waals surface area contributed by atoms with E-state index in [1.54, 1.807) is 0 Å². The van der Waals surface area contributed by atoms with Gasteiger partial charge in [0.15, 0.2) is 5.82 Å². The number of aromatic nitrogens is 3. The van der Waals surface area contributed by atoms with Gasteiger partial charge in [-0.15, -0.1) is 0 Å². The van der Waals surface area contributed by atoms with Crippen molar-refractivity contribution < 1.29 is 4.42 Å². The van der Waals surface area contributed by atoms with Crippen molar-refractivity contribution in [1.29, 1.82) is 0 Å². The van der Waals surface area contributed by atoms with Gasteiger partial charge < -0.3 is 8.98 Å². The Labute approximate surface area is 288 Å². The lowest BCUT2D eigenvalue weighted by atomic mass is 10.00. The van der Waals surface area contributed by atoms with Crippen LogP contribution in [-0.2, 0) is 0 Å². The van der Waals surface area contributed by atoms with Crippen LogP contribution in [0.3, 0.4) is 0 Å². The highest BCUT2D eigenvalue weighted by atomic mass is 16.3. The third-order valence-corrected chi connectivity index (χ3v) is 9.63. The van der Waals surface area contributed by atoms with Gasteiger partial charge in [0.1, 0.15) is 11.2 Å². The first-order chi connectivity index (χ1) is 24.8. The smallest absolute Gasteiger partial charge is 0.160 e. The van der Waals surface area contributed by atoms with Gasteiger partial charge in [-0.05, 0) is 59.7 Å². The van der Waals surface area contributed by atoms with Crippen molar-refractivity contribution >= 4 is 43.7 Å². The average molecular weight is 640 g/mol. The van der Waals surface area contributed by atoms with Crippen LogP contribution in [0.5, 0.6) is 0 Å². The molecule has 0 radical (unpaired) electrons. The minimum Gasteiger partial charge on any atom is -0.456 e. The van der Waals surface area contributed by atoms with Crippen molar-refractivity contribution in [2.75, 3.05) is 0 Å². The van der Waals surface area contributed by atoms with Gasteiger partial charge in [-0.1, -0.05) is 127 Å². The maximum absolute atomic E-state index is 6.07. The molecule has 0 amide bonds. The molecule has 0 bridgehead atoms. The highest BCUT2D eigenvalue weighted by Crippen LogP contribution is 2.36. The van der Waals surface area contributed by atoms with Crippen molar-refractivity contribution in [2.45, 2.75) is 0 Å². The van der Waals surface area contributed by atoms with E-state index in [4.69, 9.17) is 14.4 Å². The molecular weight excluding hydrogens is 611 g/mol. The summed E-state index contributed by atoms with van der Waals surface area (Å²) < 4.78 is 8.41. The summed E-state index contributed by atoms with van der Waals surface area (Å²) in [5.74, 6) is 0.696. The number of hydrogen-bond donors (Lipinski definition) is 0. The van der Waals surface area contributed by atoms with Crippen LogP contribution in [0.4, 0.5) is 0 Å². The Bertz CT molecular complexity index is 2810. The molecule has 50 heavy (non-hydrogen) atoms. The summed E-state index contributed by atoms with van der Waals surface area (Å²) in [6.45, 7) is 0. The van der Waals surface area contributed by atoms with E-state index < -0.39 is 0 Å². The zero-order chi connectivity index (χ0) is 33.0. The van der Waals surface area contributed by atoms with E-state index >= 15 is 0 Å². The van der Waals surface area contributed by atoms with E-state index in [0.29, 0.717) is 5.82 Å². The maximum Gasteiger partial charge on any atom is 0.160 e. The number of nitrogens with zero attached hydrogens (tertiary/aromatic N) is 3. The Hall–Kier alpha value is -6.78. The molecular formula is C46H29N3O. The minimum atomic E-state index is 0.696. The Morgan fingerprint density at radius 2 is 0.940 bits per heavy atom. The van der Waals surface area contributed by atoms with Crippen LogP contribution in [0.25, 0.3) is 94.5 Å². The van der Waals surface area contributed by atoms with Crippen LogP contribution in [-0.4, -0.2) is 14.5 Å². The fraction of sp³-hybridized carbons (Fsp3) is 0. The van der Waals surface area contributed by atoms with Gasteiger partial charge in [0.2, 0.25) is 0 Å². The highest BCUT2D eigenvalue weighted by Gasteiger charge is 2.15. The van der Waals surface area contributed by atoms with Crippen LogP contribution < -0.4 is 0 Å². The van der Waals surface area contributed by atoms with E-state index in [1.165, 1.54) is 21.8 Å². The number of fused-ring (bicyclic) bond motifs is 6. The van der Waals surface area contributed by atoms with Gasteiger partial charge >= 0.3 is 0 Å². The molecule has 4 nitrogen and oxygen atoms in total. The predicted octanol–water partition coefficient (Wildman–Crippen LogP) is 12.1. The fourth-order valence-corrected chi connectivity index (χ4v) is 7.20. The molecule has 3 heterocycles. The van der Waals surface area contributed by atoms with E-state index in [1.807, 2.05) is 30.3 Å². The second-order valence-electron chi connectivity index (χ2n) is 12.6. The first-order valence-electron chi connectivity index (χ1n) is 16.8. The third-order valence-electron chi connectivity index (χ3n) is 9.63. The molecule has 0 unspecified atom stereocenters. The van der Waals surface area contributed by atoms with Crippen LogP contribution >= 0.6 is 0 Å². The number of furan rings is 1. The third kappa shape index (κ3) is 4.69. The lowest BCUT2D eigenvalue weighted by Crippen LogP contribution is -1.97. The lowest BCUT2D eigenvalue weighted by Gasteiger charge is -2.12. The second-order valence-corrected chi connectivity index (χ2v) is 12.6. The SMILES string of the molecule is c1ccc(-c2nc(-c3ccc(-c4ccc5oc6ccccc6c5c4)cc3)cc(-c3cccc(-n4c5ccccc5c5ccccc54)c3)n2)cc1. The van der Waals surface area contributed by atoms with Crippen LogP contribution in [0.1, 0.15) is 0 Å². The second kappa shape index (κ2) is 11.4. The Kier molecular flexibility index (Phi) is 6.46. The molecule has 3 aromatic heterocycles. The van der Waals surface area contributed by atoms with Gasteiger partial charge in [0.05, 0.1) is 22.4 Å². The molecule has 0 aliphatic rings. The standard InChI is InChI=1S/C46H29N3O/c1-2-11-32(12-3-1)46-47-40(31-23-21-30(22-24-31)33-25-26-45-39(28-33)38-17-6-9-20-44(38)50-45)29-41(48-46)34-13-10-14-35(27-34)49-42-18-7-4-15-36(42)37-16-5-8-19-43(37)49/h1-29H. The van der Waals surface area contributed by atoms with Crippen molar-refractivity contribution in [3.8, 4) is 50.7 Å². The van der Waals surface area contributed by atoms with Gasteiger partial charge in [-0.2, -0.15) is 0 Å². The van der Waals surface area contributed by atoms with E-state index in [0.717, 1.165) is 66.8 Å². The molecule has 0 saturated heterocycles. The zero-order valence-corrected chi connectivity index (χ0v) is 27.0. The van der Waals surface area contributed by atoms with E-state index in [9.17, 15) is 0 Å². The van der Waals surface area contributed by atoms with Gasteiger partial charge in [-0.3, -0.25) is 0 Å². The first-order valence-corrected chi connectivity index (χ1v) is 16.8. The highest BCUT2D eigenvalue weighted by molar-refractivity contribution is 6.09. The zero-order valence-electron chi connectivity index (χ0n) is 27.0. The summed E-state index contributed by atoms with van der Waals surface area (Å²) in [5.41, 5.74) is 12.3. The Balaban J connectivity index is 1.08. The van der Waals surface area contributed by atoms with Crippen molar-refractivity contribution in [1.82, 2.24) is 14.5 Å². The summed E-state index contributed by atoms with van der Waals surface area (Å²) in [6, 6.07) is 61.4. The van der Waals surface area contributed by atoms with Crippen LogP contribution in [0.2, 0.25) is 0 Å². The summed E-state index contributed by atoms with van der Waals surface area (Å²) in [5, 5.41) is 4.74. The quantitative estimate of drug-likeness (QED) is 0.188. The molecule has 234 valence electrons. The topological polar surface area (TPSA) is 43.9 Å². The van der Waals surface area contributed by atoms with Crippen molar-refractivity contribution in [2.24, 2.45) is 0 Å². The van der Waals surface area contributed by atoms with Crippen molar-refractivity contribution in [3.05, 3.63) is 176 Å². The average Bonchev–Trinajstić information content (AvgIpc) is 3.74. The number of hydrogen-bond acceptors (Lipinski definition) is 3. The first kappa shape index (κ1) is 28.3. The molecule has 4 heteroatoms. The number of rotatable bonds is 5. The van der Waals surface area contributed by atoms with E-state index in [2.05, 4.69) is 150 Å². The van der Waals surface area contributed by atoms with Crippen LogP contribution in [0, 0.1) is 0 Å². The van der Waals surface area contributed by atoms with Gasteiger partial charge in [-0.25, -0.2) is 9.97 Å². The normalized spacial score (nSPS) is 11.6. The van der Waals surface area contributed by atoms with Gasteiger partial charge in [0.25, 0.3) is 0 Å². The molecule has 0 aliphatic heterocycles. The molecule has 0 aliphatic carbocycles. The van der Waals surface area contributed by atoms with Gasteiger partial charge in [0, 0.05) is 43.9 Å². The molecule has 10 rings (SSSR count). The summed E-state index contributed by atoms with van der Waals surface area (Å²) in [6.07, 6.45) is 0. The molecule has 0 saturated carbocycles. The lowest BCUT2D eigenvalue weighted by molar-refractivity contribution is 0.669. The Morgan fingerprint density at radius 1 is 0.360 bits per heavy atom. The summed E-state index contributed by atoms with van der Waals surface area (Å²) >= 11 is 0. The largest absolute Gasteiger partial charge is 0.456 e. The molecule has 0 spiro atoms. The van der Waals surface area contributed by atoms with Crippen LogP contribution in [0.15, 0.2) is 180 Å².